The lowest BCUT2D eigenvalue weighted by Crippen LogP contribution is -2.51. The van der Waals surface area contributed by atoms with Gasteiger partial charge in [0, 0.05) is 63.1 Å². The molecule has 0 aliphatic carbocycles. The maximum atomic E-state index is 6.18. The summed E-state index contributed by atoms with van der Waals surface area (Å²) in [6.07, 6.45) is 1.05. The van der Waals surface area contributed by atoms with Gasteiger partial charge < -0.3 is 20.3 Å². The molecule has 0 spiro atoms. The quantitative estimate of drug-likeness (QED) is 0.295. The van der Waals surface area contributed by atoms with E-state index in [1.165, 1.54) is 5.69 Å². The number of hydrogen-bond donors (Lipinski definition) is 1. The van der Waals surface area contributed by atoms with Crippen LogP contribution in [-0.2, 0) is 4.74 Å². The van der Waals surface area contributed by atoms with Gasteiger partial charge in [0.15, 0.2) is 5.96 Å². The first-order valence-electron chi connectivity index (χ1n) is 9.08. The second kappa shape index (κ2) is 11.2. The van der Waals surface area contributed by atoms with Gasteiger partial charge in [-0.3, -0.25) is 9.89 Å². The first-order chi connectivity index (χ1) is 12.2. The van der Waals surface area contributed by atoms with Crippen molar-refractivity contribution < 1.29 is 4.74 Å². The molecule has 2 aliphatic rings. The van der Waals surface area contributed by atoms with Gasteiger partial charge in [-0.15, -0.1) is 24.0 Å². The second-order valence-electron chi connectivity index (χ2n) is 6.50. The van der Waals surface area contributed by atoms with Gasteiger partial charge in [0.2, 0.25) is 0 Å². The van der Waals surface area contributed by atoms with Crippen molar-refractivity contribution in [1.82, 2.24) is 9.80 Å². The van der Waals surface area contributed by atoms with Crippen molar-refractivity contribution in [3.63, 3.8) is 0 Å². The smallest absolute Gasteiger partial charge is 0.191 e. The summed E-state index contributed by atoms with van der Waals surface area (Å²) in [5.74, 6) is 0.678. The van der Waals surface area contributed by atoms with Crippen LogP contribution in [0.5, 0.6) is 0 Å². The molecule has 0 radical (unpaired) electrons. The minimum absolute atomic E-state index is 0. The van der Waals surface area contributed by atoms with E-state index in [0.717, 1.165) is 77.0 Å². The van der Waals surface area contributed by atoms with E-state index in [1.54, 1.807) is 0 Å². The maximum absolute atomic E-state index is 6.18. The Morgan fingerprint density at radius 2 is 1.69 bits per heavy atom. The first-order valence-corrected chi connectivity index (χ1v) is 9.45. The number of benzene rings is 1. The summed E-state index contributed by atoms with van der Waals surface area (Å²) in [6, 6.07) is 8.02. The van der Waals surface area contributed by atoms with E-state index in [9.17, 15) is 0 Å². The number of guanidine groups is 1. The number of nitrogens with two attached hydrogens (primary N) is 1. The van der Waals surface area contributed by atoms with Crippen LogP contribution >= 0.6 is 35.6 Å². The number of piperazine rings is 1. The van der Waals surface area contributed by atoms with Gasteiger partial charge in [-0.05, 0) is 30.7 Å². The van der Waals surface area contributed by atoms with Gasteiger partial charge in [0.1, 0.15) is 0 Å². The van der Waals surface area contributed by atoms with Crippen LogP contribution in [0.25, 0.3) is 0 Å². The van der Waals surface area contributed by atoms with Gasteiger partial charge in [0.05, 0.1) is 13.2 Å². The minimum atomic E-state index is 0. The number of morpholine rings is 1. The van der Waals surface area contributed by atoms with E-state index in [-0.39, 0.29) is 24.0 Å². The Balaban J connectivity index is 0.00000243. The Bertz CT molecular complexity index is 557. The summed E-state index contributed by atoms with van der Waals surface area (Å²) >= 11 is 5.96. The van der Waals surface area contributed by atoms with Crippen LogP contribution < -0.4 is 10.6 Å². The molecule has 1 aromatic carbocycles. The predicted octanol–water partition coefficient (Wildman–Crippen LogP) is 2.12. The topological polar surface area (TPSA) is 57.3 Å². The van der Waals surface area contributed by atoms with Crippen LogP contribution in [0.15, 0.2) is 29.3 Å². The summed E-state index contributed by atoms with van der Waals surface area (Å²) in [7, 11) is 0. The fourth-order valence-electron chi connectivity index (χ4n) is 3.26. The standard InChI is InChI=1S/C18H28ClN5O.HI/c19-16-2-4-17(5-3-16)23-8-10-24(11-9-23)18(20)21-6-1-7-22-12-14-25-15-13-22;/h2-5H,1,6-15H2,(H2,20,21);1H. The third kappa shape index (κ3) is 6.44. The van der Waals surface area contributed by atoms with Gasteiger partial charge in [-0.25, -0.2) is 0 Å². The summed E-state index contributed by atoms with van der Waals surface area (Å²) in [6.45, 7) is 9.34. The number of ether oxygens (including phenoxy) is 1. The number of rotatable bonds is 5. The van der Waals surface area contributed by atoms with E-state index in [1.807, 2.05) is 12.1 Å². The molecule has 0 aromatic heterocycles. The Labute approximate surface area is 178 Å². The molecule has 2 saturated heterocycles. The molecule has 2 fully saturated rings. The number of nitrogens with zero attached hydrogens (tertiary/aromatic N) is 4. The largest absolute Gasteiger partial charge is 0.379 e. The van der Waals surface area contributed by atoms with E-state index >= 15 is 0 Å². The lowest BCUT2D eigenvalue weighted by molar-refractivity contribution is 0.0377. The Morgan fingerprint density at radius 3 is 2.35 bits per heavy atom. The summed E-state index contributed by atoms with van der Waals surface area (Å²) in [5, 5.41) is 0.774. The molecule has 0 saturated carbocycles. The van der Waals surface area contributed by atoms with Crippen molar-refractivity contribution in [3.8, 4) is 0 Å². The molecule has 2 aliphatic heterocycles. The number of anilines is 1. The molecule has 146 valence electrons. The van der Waals surface area contributed by atoms with Crippen LogP contribution in [0.1, 0.15) is 6.42 Å². The zero-order valence-corrected chi connectivity index (χ0v) is 18.2. The van der Waals surface area contributed by atoms with E-state index in [4.69, 9.17) is 22.1 Å². The van der Waals surface area contributed by atoms with Gasteiger partial charge in [-0.1, -0.05) is 11.6 Å². The average Bonchev–Trinajstić information content (AvgIpc) is 2.67. The molecule has 26 heavy (non-hydrogen) atoms. The van der Waals surface area contributed by atoms with E-state index < -0.39 is 0 Å². The van der Waals surface area contributed by atoms with E-state index in [2.05, 4.69) is 31.8 Å². The monoisotopic (exact) mass is 493 g/mol. The summed E-state index contributed by atoms with van der Waals surface area (Å²) < 4.78 is 5.36. The highest BCUT2D eigenvalue weighted by Gasteiger charge is 2.18. The van der Waals surface area contributed by atoms with Crippen molar-refractivity contribution in [2.24, 2.45) is 10.7 Å². The Hall–Kier alpha value is -0.770. The second-order valence-corrected chi connectivity index (χ2v) is 6.93. The molecule has 6 nitrogen and oxygen atoms in total. The Morgan fingerprint density at radius 1 is 1.04 bits per heavy atom. The van der Waals surface area contributed by atoms with Crippen LogP contribution in [0, 0.1) is 0 Å². The zero-order valence-electron chi connectivity index (χ0n) is 15.1. The van der Waals surface area contributed by atoms with Crippen LogP contribution in [0.3, 0.4) is 0 Å². The SMILES string of the molecule is I.NC(=NCCCN1CCOCC1)N1CCN(c2ccc(Cl)cc2)CC1. The summed E-state index contributed by atoms with van der Waals surface area (Å²) in [5.41, 5.74) is 7.39. The number of hydrogen-bond acceptors (Lipinski definition) is 4. The highest BCUT2D eigenvalue weighted by atomic mass is 127. The predicted molar refractivity (Wildman–Crippen MR) is 119 cm³/mol. The third-order valence-corrected chi connectivity index (χ3v) is 5.06. The van der Waals surface area contributed by atoms with Crippen molar-refractivity contribution in [1.29, 1.82) is 0 Å². The van der Waals surface area contributed by atoms with E-state index in [0.29, 0.717) is 5.96 Å². The molecule has 8 heteroatoms. The van der Waals surface area contributed by atoms with Crippen LogP contribution in [0.4, 0.5) is 5.69 Å². The number of halogens is 2. The zero-order chi connectivity index (χ0) is 17.5. The highest BCUT2D eigenvalue weighted by Crippen LogP contribution is 2.19. The van der Waals surface area contributed by atoms with Crippen LogP contribution in [0.2, 0.25) is 5.02 Å². The third-order valence-electron chi connectivity index (χ3n) is 4.81. The van der Waals surface area contributed by atoms with Crippen molar-refractivity contribution >= 4 is 47.2 Å². The van der Waals surface area contributed by atoms with Gasteiger partial charge >= 0.3 is 0 Å². The van der Waals surface area contributed by atoms with Gasteiger partial charge in [-0.2, -0.15) is 0 Å². The molecule has 0 bridgehead atoms. The van der Waals surface area contributed by atoms with Gasteiger partial charge in [0.25, 0.3) is 0 Å². The number of aliphatic imine (C=N–C) groups is 1. The maximum Gasteiger partial charge on any atom is 0.191 e. The summed E-state index contributed by atoms with van der Waals surface area (Å²) in [4.78, 5) is 11.5. The van der Waals surface area contributed by atoms with Crippen molar-refractivity contribution in [2.45, 2.75) is 6.42 Å². The highest BCUT2D eigenvalue weighted by molar-refractivity contribution is 14.0. The molecule has 2 heterocycles. The fourth-order valence-corrected chi connectivity index (χ4v) is 3.38. The fraction of sp³-hybridized carbons (Fsp3) is 0.611. The molecule has 0 unspecified atom stereocenters. The lowest BCUT2D eigenvalue weighted by Gasteiger charge is -2.36. The molecule has 1 aromatic rings. The van der Waals surface area contributed by atoms with Crippen molar-refractivity contribution in [3.05, 3.63) is 29.3 Å². The van der Waals surface area contributed by atoms with Crippen LogP contribution in [-0.4, -0.2) is 81.3 Å². The Kier molecular flexibility index (Phi) is 9.24. The molecule has 2 N–H and O–H groups in total. The molecular weight excluding hydrogens is 465 g/mol. The average molecular weight is 494 g/mol. The van der Waals surface area contributed by atoms with Crippen molar-refractivity contribution in [2.75, 3.05) is 70.5 Å². The lowest BCUT2D eigenvalue weighted by atomic mass is 10.2. The molecule has 0 atom stereocenters. The molecular formula is C18H29ClIN5O. The first kappa shape index (κ1) is 21.5. The normalized spacial score (nSPS) is 19.3. The molecule has 0 amide bonds. The molecule has 3 rings (SSSR count). The minimum Gasteiger partial charge on any atom is -0.379 e.